The van der Waals surface area contributed by atoms with Crippen molar-refractivity contribution in [2.24, 2.45) is 0 Å². The Labute approximate surface area is 483 Å². The van der Waals surface area contributed by atoms with E-state index >= 15 is 0 Å². The number of hydrogen-bond donors (Lipinski definition) is 6. The number of ether oxygens (including phenoxy) is 3. The lowest BCUT2D eigenvalue weighted by molar-refractivity contribution is -0.305. The molecular formula is C68H119NO10. The zero-order valence-electron chi connectivity index (χ0n) is 50.5. The van der Waals surface area contributed by atoms with E-state index in [0.717, 1.165) is 83.5 Å². The van der Waals surface area contributed by atoms with Crippen LogP contribution in [0.2, 0.25) is 0 Å². The molecule has 0 saturated carbocycles. The second kappa shape index (κ2) is 55.4. The predicted molar refractivity (Wildman–Crippen MR) is 329 cm³/mol. The molecule has 456 valence electrons. The molecule has 1 heterocycles. The van der Waals surface area contributed by atoms with Gasteiger partial charge in [0.15, 0.2) is 12.4 Å². The molecule has 0 spiro atoms. The number of amides is 1. The second-order valence-electron chi connectivity index (χ2n) is 22.2. The van der Waals surface area contributed by atoms with Gasteiger partial charge >= 0.3 is 5.97 Å². The maximum absolute atomic E-state index is 13.4. The van der Waals surface area contributed by atoms with E-state index < -0.39 is 67.4 Å². The number of rotatable bonds is 54. The Morgan fingerprint density at radius 1 is 0.519 bits per heavy atom. The van der Waals surface area contributed by atoms with Gasteiger partial charge in [0.25, 0.3) is 0 Å². The largest absolute Gasteiger partial charge is 0.454 e. The molecule has 1 aliphatic heterocycles. The maximum atomic E-state index is 13.4. The summed E-state index contributed by atoms with van der Waals surface area (Å²) in [6.07, 6.45) is 62.0. The van der Waals surface area contributed by atoms with Crippen LogP contribution in [0.3, 0.4) is 0 Å². The van der Waals surface area contributed by atoms with E-state index in [4.69, 9.17) is 14.2 Å². The SMILES string of the molecule is CC/C=C/C=C/C=C\CCCCCCC(O)C(=O)NC(COC1OC(CO)C(O)C(O)C1OC(=O)CCCCCCCCCCCCCC/C=C\C/C=C\C/C=C\CCCCC)C(O)/C=C/CCCCCCCCCCCCC. The minimum absolute atomic E-state index is 0.116. The fraction of sp³-hybridized carbons (Fsp3) is 0.765. The first-order valence-electron chi connectivity index (χ1n) is 32.4. The molecule has 0 radical (unpaired) electrons. The number of carbonyl (C=O) groups is 2. The highest BCUT2D eigenvalue weighted by Gasteiger charge is 2.47. The number of carbonyl (C=O) groups excluding carboxylic acids is 2. The van der Waals surface area contributed by atoms with Gasteiger partial charge in [0.1, 0.15) is 24.4 Å². The zero-order chi connectivity index (χ0) is 57.5. The summed E-state index contributed by atoms with van der Waals surface area (Å²) >= 11 is 0. The number of hydrogen-bond acceptors (Lipinski definition) is 10. The Morgan fingerprint density at radius 3 is 1.49 bits per heavy atom. The van der Waals surface area contributed by atoms with Crippen LogP contribution in [-0.2, 0) is 23.8 Å². The van der Waals surface area contributed by atoms with Crippen LogP contribution in [0, 0.1) is 0 Å². The molecule has 1 amide bonds. The van der Waals surface area contributed by atoms with Crippen molar-refractivity contribution in [3.05, 3.63) is 85.1 Å². The van der Waals surface area contributed by atoms with Crippen LogP contribution in [0.15, 0.2) is 85.1 Å². The van der Waals surface area contributed by atoms with Crippen LogP contribution in [0.1, 0.15) is 271 Å². The van der Waals surface area contributed by atoms with Crippen LogP contribution in [-0.4, -0.2) is 99.6 Å². The molecule has 1 rings (SSSR count). The average molecular weight is 1110 g/mol. The van der Waals surface area contributed by atoms with E-state index in [2.05, 4.69) is 74.7 Å². The number of aliphatic hydroxyl groups excluding tert-OH is 5. The van der Waals surface area contributed by atoms with Crippen molar-refractivity contribution in [3.63, 3.8) is 0 Å². The third kappa shape index (κ3) is 43.2. The van der Waals surface area contributed by atoms with Gasteiger partial charge in [-0.1, -0.05) is 266 Å². The molecule has 79 heavy (non-hydrogen) atoms. The summed E-state index contributed by atoms with van der Waals surface area (Å²) in [4.78, 5) is 26.5. The van der Waals surface area contributed by atoms with Crippen molar-refractivity contribution in [2.75, 3.05) is 13.2 Å². The number of aliphatic hydroxyl groups is 5. The molecule has 0 aliphatic carbocycles. The quantitative estimate of drug-likeness (QED) is 0.0149. The second-order valence-corrected chi connectivity index (χ2v) is 22.2. The lowest BCUT2D eigenvalue weighted by Crippen LogP contribution is -2.61. The molecule has 8 unspecified atom stereocenters. The molecule has 1 fully saturated rings. The maximum Gasteiger partial charge on any atom is 0.306 e. The lowest BCUT2D eigenvalue weighted by Gasteiger charge is -2.41. The van der Waals surface area contributed by atoms with Crippen LogP contribution in [0.4, 0.5) is 0 Å². The van der Waals surface area contributed by atoms with Crippen molar-refractivity contribution < 1.29 is 49.3 Å². The molecule has 0 aromatic heterocycles. The molecule has 6 N–H and O–H groups in total. The number of allylic oxidation sites excluding steroid dienone is 13. The van der Waals surface area contributed by atoms with E-state index in [0.29, 0.717) is 12.8 Å². The highest BCUT2D eigenvalue weighted by Crippen LogP contribution is 2.26. The zero-order valence-corrected chi connectivity index (χ0v) is 50.5. The molecule has 1 aliphatic rings. The minimum Gasteiger partial charge on any atom is -0.454 e. The Balaban J connectivity index is 2.60. The molecule has 8 atom stereocenters. The summed E-state index contributed by atoms with van der Waals surface area (Å²) in [6.45, 7) is 5.62. The van der Waals surface area contributed by atoms with Gasteiger partial charge in [-0.3, -0.25) is 9.59 Å². The number of nitrogens with one attached hydrogen (secondary N) is 1. The van der Waals surface area contributed by atoms with Gasteiger partial charge in [0, 0.05) is 6.42 Å². The van der Waals surface area contributed by atoms with Gasteiger partial charge in [0.05, 0.1) is 25.4 Å². The van der Waals surface area contributed by atoms with E-state index in [1.807, 2.05) is 30.4 Å². The summed E-state index contributed by atoms with van der Waals surface area (Å²) in [7, 11) is 0. The van der Waals surface area contributed by atoms with Crippen LogP contribution in [0.25, 0.3) is 0 Å². The van der Waals surface area contributed by atoms with Crippen LogP contribution in [0.5, 0.6) is 0 Å². The number of unbranched alkanes of at least 4 members (excludes halogenated alkanes) is 30. The first-order valence-corrected chi connectivity index (χ1v) is 32.4. The number of esters is 1. The first kappa shape index (κ1) is 73.9. The van der Waals surface area contributed by atoms with Crippen molar-refractivity contribution in [1.82, 2.24) is 5.32 Å². The van der Waals surface area contributed by atoms with Gasteiger partial charge in [0.2, 0.25) is 5.91 Å². The summed E-state index contributed by atoms with van der Waals surface area (Å²) < 4.78 is 17.6. The third-order valence-corrected chi connectivity index (χ3v) is 14.8. The normalized spacial score (nSPS) is 19.4. The fourth-order valence-corrected chi connectivity index (χ4v) is 9.72. The van der Waals surface area contributed by atoms with E-state index in [1.165, 1.54) is 141 Å². The average Bonchev–Trinajstić information content (AvgIpc) is 3.51. The smallest absolute Gasteiger partial charge is 0.306 e. The molecule has 11 nitrogen and oxygen atoms in total. The van der Waals surface area contributed by atoms with Crippen molar-refractivity contribution in [2.45, 2.75) is 320 Å². The summed E-state index contributed by atoms with van der Waals surface area (Å²) in [6, 6.07) is -1.04. The third-order valence-electron chi connectivity index (χ3n) is 14.8. The monoisotopic (exact) mass is 1110 g/mol. The van der Waals surface area contributed by atoms with E-state index in [9.17, 15) is 35.1 Å². The Bertz CT molecular complexity index is 1610. The van der Waals surface area contributed by atoms with E-state index in [-0.39, 0.29) is 19.4 Å². The lowest BCUT2D eigenvalue weighted by atomic mass is 9.99. The summed E-state index contributed by atoms with van der Waals surface area (Å²) in [5.41, 5.74) is 0. The summed E-state index contributed by atoms with van der Waals surface area (Å²) in [5.74, 6) is -1.22. The van der Waals surface area contributed by atoms with Crippen LogP contribution < -0.4 is 5.32 Å². The topological polar surface area (TPSA) is 175 Å². The Morgan fingerprint density at radius 2 is 0.962 bits per heavy atom. The highest BCUT2D eigenvalue weighted by atomic mass is 16.7. The van der Waals surface area contributed by atoms with Gasteiger partial charge in [-0.05, 0) is 83.5 Å². The molecule has 11 heteroatoms. The summed E-state index contributed by atoms with van der Waals surface area (Å²) in [5, 5.41) is 57.0. The van der Waals surface area contributed by atoms with Crippen molar-refractivity contribution in [3.8, 4) is 0 Å². The molecule has 0 aromatic carbocycles. The van der Waals surface area contributed by atoms with Gasteiger partial charge in [-0.2, -0.15) is 0 Å². The Kier molecular flexibility index (Phi) is 51.8. The molecule has 0 aromatic rings. The van der Waals surface area contributed by atoms with Crippen LogP contribution >= 0.6 is 0 Å². The first-order chi connectivity index (χ1) is 38.7. The minimum atomic E-state index is -1.62. The van der Waals surface area contributed by atoms with Gasteiger partial charge in [-0.25, -0.2) is 0 Å². The van der Waals surface area contributed by atoms with Gasteiger partial charge in [-0.15, -0.1) is 0 Å². The molecule has 1 saturated heterocycles. The fourth-order valence-electron chi connectivity index (χ4n) is 9.72. The Hall–Kier alpha value is -3.16. The molecular weight excluding hydrogens is 991 g/mol. The molecule has 0 bridgehead atoms. The van der Waals surface area contributed by atoms with E-state index in [1.54, 1.807) is 6.08 Å². The highest BCUT2D eigenvalue weighted by molar-refractivity contribution is 5.80. The van der Waals surface area contributed by atoms with Gasteiger partial charge < -0.3 is 45.1 Å². The van der Waals surface area contributed by atoms with Crippen molar-refractivity contribution in [1.29, 1.82) is 0 Å². The predicted octanol–water partition coefficient (Wildman–Crippen LogP) is 15.7. The van der Waals surface area contributed by atoms with Crippen molar-refractivity contribution >= 4 is 11.9 Å². The standard InChI is InChI=1S/C68H119NO10/c1-4-7-10-13-16-19-22-25-26-27-28-29-30-31-32-33-34-35-36-38-41-44-47-50-53-56-63(73)79-66-65(75)64(74)62(57-70)78-68(66)77-58-59(60(71)54-51-48-45-42-40-37-23-20-17-14-11-8-5-2)69-67(76)61(72)55-52-49-46-43-39-24-21-18-15-12-9-6-3/h9,12,15-16,18-19,21,24-26,28-29,51,54,59-62,64-66,68,70-72,74-75H,4-8,10-11,13-14,17,20,22-23,27,30-50,52-53,55-58H2,1-3H3,(H,69,76)/b12-9+,18-15+,19-16-,24-21-,26-25-,29-28-,54-51+.